The predicted octanol–water partition coefficient (Wildman–Crippen LogP) is 2.67. The van der Waals surface area contributed by atoms with E-state index in [4.69, 9.17) is 0 Å². The predicted molar refractivity (Wildman–Crippen MR) is 90.7 cm³/mol. The quantitative estimate of drug-likeness (QED) is 0.589. The molecule has 0 spiro atoms. The summed E-state index contributed by atoms with van der Waals surface area (Å²) in [4.78, 5) is 13.1. The molecular formula is C17H19F3N2O3S. The molecule has 1 aromatic carbocycles. The van der Waals surface area contributed by atoms with Crippen molar-refractivity contribution in [2.24, 2.45) is 0 Å². The number of sulfonamides is 1. The number of allylic oxidation sites excluding steroid dienone is 3. The average molecular weight is 388 g/mol. The lowest BCUT2D eigenvalue weighted by Gasteiger charge is -2.33. The lowest BCUT2D eigenvalue weighted by molar-refractivity contribution is -0.137. The fourth-order valence-electron chi connectivity index (χ4n) is 2.49. The van der Waals surface area contributed by atoms with E-state index in [0.29, 0.717) is 6.07 Å². The van der Waals surface area contributed by atoms with Crippen LogP contribution in [0.1, 0.15) is 12.5 Å². The summed E-state index contributed by atoms with van der Waals surface area (Å²) >= 11 is 0. The van der Waals surface area contributed by atoms with Gasteiger partial charge in [0.1, 0.15) is 0 Å². The number of benzene rings is 1. The smallest absolute Gasteiger partial charge is 0.337 e. The van der Waals surface area contributed by atoms with Crippen LogP contribution in [0.4, 0.5) is 13.2 Å². The van der Waals surface area contributed by atoms with Gasteiger partial charge in [-0.3, -0.25) is 4.79 Å². The molecule has 0 atom stereocenters. The van der Waals surface area contributed by atoms with Gasteiger partial charge in [-0.1, -0.05) is 24.3 Å². The van der Waals surface area contributed by atoms with Crippen molar-refractivity contribution < 1.29 is 26.4 Å². The van der Waals surface area contributed by atoms with E-state index in [-0.39, 0.29) is 32.1 Å². The number of piperazine rings is 1. The van der Waals surface area contributed by atoms with Gasteiger partial charge in [0, 0.05) is 32.3 Å². The summed E-state index contributed by atoms with van der Waals surface area (Å²) in [6.45, 7) is 2.23. The van der Waals surface area contributed by atoms with Crippen molar-refractivity contribution in [2.75, 3.05) is 26.2 Å². The van der Waals surface area contributed by atoms with Crippen LogP contribution < -0.4 is 0 Å². The molecule has 0 bridgehead atoms. The number of halogens is 3. The van der Waals surface area contributed by atoms with Gasteiger partial charge in [-0.25, -0.2) is 8.42 Å². The molecule has 1 heterocycles. The first kappa shape index (κ1) is 20.2. The summed E-state index contributed by atoms with van der Waals surface area (Å²) in [5.41, 5.74) is -1.01. The molecule has 0 aliphatic carbocycles. The van der Waals surface area contributed by atoms with E-state index < -0.39 is 26.7 Å². The summed E-state index contributed by atoms with van der Waals surface area (Å²) in [5.74, 6) is -0.237. The van der Waals surface area contributed by atoms with Gasteiger partial charge >= 0.3 is 6.18 Å². The number of carbonyl (C=O) groups is 1. The maximum atomic E-state index is 12.8. The zero-order valence-corrected chi connectivity index (χ0v) is 14.9. The van der Waals surface area contributed by atoms with Crippen LogP contribution in [0.3, 0.4) is 0 Å². The molecule has 142 valence electrons. The van der Waals surface area contributed by atoms with E-state index in [1.54, 1.807) is 18.2 Å². The average Bonchev–Trinajstić information content (AvgIpc) is 2.61. The molecule has 1 aliphatic heterocycles. The summed E-state index contributed by atoms with van der Waals surface area (Å²) < 4.78 is 64.7. The third-order valence-corrected chi connectivity index (χ3v) is 5.79. The first-order valence-electron chi connectivity index (χ1n) is 7.92. The minimum Gasteiger partial charge on any atom is -0.337 e. The van der Waals surface area contributed by atoms with Gasteiger partial charge in [-0.05, 0) is 25.1 Å². The van der Waals surface area contributed by atoms with E-state index in [2.05, 4.69) is 0 Å². The first-order valence-corrected chi connectivity index (χ1v) is 9.36. The van der Waals surface area contributed by atoms with Crippen LogP contribution in [0, 0.1) is 0 Å². The molecule has 0 N–H and O–H groups in total. The maximum absolute atomic E-state index is 12.8. The van der Waals surface area contributed by atoms with Gasteiger partial charge in [0.25, 0.3) is 0 Å². The second-order valence-electron chi connectivity index (χ2n) is 5.64. The SMILES string of the molecule is C/C=C/C=C/C(=O)N1CCN(S(=O)(=O)c2cccc(C(F)(F)F)c2)CC1. The van der Waals surface area contributed by atoms with Gasteiger partial charge in [0.2, 0.25) is 15.9 Å². The normalized spacial score (nSPS) is 17.3. The van der Waals surface area contributed by atoms with Gasteiger partial charge in [-0.15, -0.1) is 0 Å². The Balaban J connectivity index is 2.10. The van der Waals surface area contributed by atoms with Crippen LogP contribution in [0.5, 0.6) is 0 Å². The standard InChI is InChI=1S/C17H19F3N2O3S/c1-2-3-4-8-16(23)21-9-11-22(12-10-21)26(24,25)15-7-5-6-14(13-15)17(18,19)20/h2-8,13H,9-12H2,1H3/b3-2+,8-4+. The fraction of sp³-hybridized carbons (Fsp3) is 0.353. The van der Waals surface area contributed by atoms with E-state index in [1.165, 1.54) is 11.0 Å². The van der Waals surface area contributed by atoms with Crippen LogP contribution in [0.25, 0.3) is 0 Å². The topological polar surface area (TPSA) is 57.7 Å². The number of rotatable bonds is 4. The molecule has 0 unspecified atom stereocenters. The summed E-state index contributed by atoms with van der Waals surface area (Å²) in [6.07, 6.45) is 1.83. The second kappa shape index (κ2) is 8.05. The van der Waals surface area contributed by atoms with E-state index in [0.717, 1.165) is 22.5 Å². The number of amides is 1. The van der Waals surface area contributed by atoms with Crippen molar-refractivity contribution in [1.82, 2.24) is 9.21 Å². The monoisotopic (exact) mass is 388 g/mol. The van der Waals surface area contributed by atoms with Crippen LogP contribution in [-0.4, -0.2) is 49.7 Å². The Labute approximate surface area is 150 Å². The molecule has 0 radical (unpaired) electrons. The molecule has 26 heavy (non-hydrogen) atoms. The molecule has 5 nitrogen and oxygen atoms in total. The highest BCUT2D eigenvalue weighted by Crippen LogP contribution is 2.31. The second-order valence-corrected chi connectivity index (χ2v) is 7.58. The molecular weight excluding hydrogens is 369 g/mol. The molecule has 2 rings (SSSR count). The maximum Gasteiger partial charge on any atom is 0.416 e. The Morgan fingerprint density at radius 1 is 1.12 bits per heavy atom. The number of alkyl halides is 3. The Hall–Kier alpha value is -2.13. The van der Waals surface area contributed by atoms with Crippen LogP contribution in [0.15, 0.2) is 53.5 Å². The summed E-state index contributed by atoms with van der Waals surface area (Å²) in [5, 5.41) is 0. The lowest BCUT2D eigenvalue weighted by Crippen LogP contribution is -2.50. The zero-order valence-electron chi connectivity index (χ0n) is 14.1. The molecule has 0 aromatic heterocycles. The molecule has 1 amide bonds. The largest absolute Gasteiger partial charge is 0.416 e. The number of hydrogen-bond donors (Lipinski definition) is 0. The van der Waals surface area contributed by atoms with Crippen molar-refractivity contribution >= 4 is 15.9 Å². The van der Waals surface area contributed by atoms with Crippen molar-refractivity contribution in [3.8, 4) is 0 Å². The van der Waals surface area contributed by atoms with Gasteiger partial charge < -0.3 is 4.90 Å². The first-order chi connectivity index (χ1) is 12.2. The van der Waals surface area contributed by atoms with Crippen molar-refractivity contribution in [3.63, 3.8) is 0 Å². The molecule has 1 aliphatic rings. The lowest BCUT2D eigenvalue weighted by atomic mass is 10.2. The summed E-state index contributed by atoms with van der Waals surface area (Å²) in [7, 11) is -4.05. The van der Waals surface area contributed by atoms with Crippen LogP contribution in [0.2, 0.25) is 0 Å². The minimum atomic E-state index is -4.62. The zero-order chi connectivity index (χ0) is 19.4. The minimum absolute atomic E-state index is 0.0295. The molecule has 1 saturated heterocycles. The van der Waals surface area contributed by atoms with Crippen molar-refractivity contribution in [3.05, 3.63) is 54.1 Å². The van der Waals surface area contributed by atoms with Gasteiger partial charge in [0.05, 0.1) is 10.5 Å². The van der Waals surface area contributed by atoms with E-state index >= 15 is 0 Å². The number of nitrogens with zero attached hydrogens (tertiary/aromatic N) is 2. The van der Waals surface area contributed by atoms with E-state index in [1.807, 2.05) is 6.92 Å². The Kier molecular flexibility index (Phi) is 6.25. The third-order valence-electron chi connectivity index (χ3n) is 3.89. The summed E-state index contributed by atoms with van der Waals surface area (Å²) in [6, 6.07) is 3.67. The van der Waals surface area contributed by atoms with Crippen molar-refractivity contribution in [1.29, 1.82) is 0 Å². The molecule has 9 heteroatoms. The molecule has 0 saturated carbocycles. The van der Waals surface area contributed by atoms with E-state index in [9.17, 15) is 26.4 Å². The highest BCUT2D eigenvalue weighted by Gasteiger charge is 2.34. The van der Waals surface area contributed by atoms with Gasteiger partial charge in [-0.2, -0.15) is 17.5 Å². The number of carbonyl (C=O) groups excluding carboxylic acids is 1. The highest BCUT2D eigenvalue weighted by molar-refractivity contribution is 7.89. The third kappa shape index (κ3) is 4.73. The van der Waals surface area contributed by atoms with Crippen molar-refractivity contribution in [2.45, 2.75) is 18.0 Å². The Bertz CT molecular complexity index is 809. The fourth-order valence-corrected chi connectivity index (χ4v) is 3.95. The number of hydrogen-bond acceptors (Lipinski definition) is 3. The molecule has 1 aromatic rings. The molecule has 1 fully saturated rings. The Morgan fingerprint density at radius 2 is 1.77 bits per heavy atom. The van der Waals surface area contributed by atoms with Gasteiger partial charge in [0.15, 0.2) is 0 Å². The van der Waals surface area contributed by atoms with Crippen LogP contribution >= 0.6 is 0 Å². The Morgan fingerprint density at radius 3 is 2.35 bits per heavy atom. The highest BCUT2D eigenvalue weighted by atomic mass is 32.2. The van der Waals surface area contributed by atoms with Crippen LogP contribution in [-0.2, 0) is 21.0 Å².